The Hall–Kier alpha value is -0.380. The van der Waals surface area contributed by atoms with E-state index >= 15 is 0 Å². The van der Waals surface area contributed by atoms with Gasteiger partial charge in [-0.25, -0.2) is 0 Å². The minimum Gasteiger partial charge on any atom is -0.315 e. The maximum absolute atomic E-state index is 3.40. The van der Waals surface area contributed by atoms with E-state index < -0.39 is 0 Å². The first-order valence-electron chi connectivity index (χ1n) is 6.10. The van der Waals surface area contributed by atoms with Crippen LogP contribution in [0.1, 0.15) is 25.6 Å². The molecular formula is C13H24N2S. The Bertz CT molecular complexity index is 271. The summed E-state index contributed by atoms with van der Waals surface area (Å²) in [6.45, 7) is 8.87. The number of thiophene rings is 1. The van der Waals surface area contributed by atoms with Gasteiger partial charge in [0.25, 0.3) is 0 Å². The fraction of sp³-hybridized carbons (Fsp3) is 0.692. The van der Waals surface area contributed by atoms with Gasteiger partial charge in [-0.1, -0.05) is 13.0 Å². The normalized spacial score (nSPS) is 15.3. The van der Waals surface area contributed by atoms with Crippen LogP contribution in [-0.4, -0.2) is 37.1 Å². The second-order valence-corrected chi connectivity index (χ2v) is 5.49. The van der Waals surface area contributed by atoms with Crippen LogP contribution in [0.25, 0.3) is 0 Å². The van der Waals surface area contributed by atoms with Crippen molar-refractivity contribution in [3.8, 4) is 0 Å². The lowest BCUT2D eigenvalue weighted by atomic mass is 10.1. The van der Waals surface area contributed by atoms with Gasteiger partial charge in [0.05, 0.1) is 0 Å². The van der Waals surface area contributed by atoms with Crippen molar-refractivity contribution in [3.05, 3.63) is 22.4 Å². The highest BCUT2D eigenvalue weighted by Crippen LogP contribution is 2.14. The van der Waals surface area contributed by atoms with Gasteiger partial charge in [0, 0.05) is 23.5 Å². The molecule has 0 saturated heterocycles. The van der Waals surface area contributed by atoms with Crippen LogP contribution in [-0.2, 0) is 6.42 Å². The van der Waals surface area contributed by atoms with Gasteiger partial charge in [-0.2, -0.15) is 0 Å². The van der Waals surface area contributed by atoms with Crippen molar-refractivity contribution >= 4 is 11.3 Å². The summed E-state index contributed by atoms with van der Waals surface area (Å²) in [4.78, 5) is 3.94. The summed E-state index contributed by atoms with van der Waals surface area (Å²) in [5.74, 6) is 0. The van der Waals surface area contributed by atoms with Crippen LogP contribution in [0.4, 0.5) is 0 Å². The minimum absolute atomic E-state index is 0.593. The molecule has 1 heterocycles. The molecule has 0 radical (unpaired) electrons. The average Bonchev–Trinajstić information content (AvgIpc) is 2.77. The number of likely N-dealkylation sites (N-methyl/N-ethyl adjacent to an activating group) is 2. The molecule has 0 aliphatic carbocycles. The molecule has 92 valence electrons. The Labute approximate surface area is 104 Å². The molecule has 1 aromatic rings. The highest BCUT2D eigenvalue weighted by molar-refractivity contribution is 7.09. The first-order chi connectivity index (χ1) is 7.65. The van der Waals surface area contributed by atoms with Gasteiger partial charge in [-0.3, -0.25) is 4.90 Å². The molecule has 0 saturated carbocycles. The average molecular weight is 240 g/mol. The molecule has 0 spiro atoms. The van der Waals surface area contributed by atoms with E-state index in [4.69, 9.17) is 0 Å². The van der Waals surface area contributed by atoms with Crippen molar-refractivity contribution in [2.24, 2.45) is 0 Å². The minimum atomic E-state index is 0.593. The van der Waals surface area contributed by atoms with E-state index in [-0.39, 0.29) is 0 Å². The summed E-state index contributed by atoms with van der Waals surface area (Å²) in [5.41, 5.74) is 0. The van der Waals surface area contributed by atoms with Gasteiger partial charge >= 0.3 is 0 Å². The van der Waals surface area contributed by atoms with Crippen LogP contribution in [0.15, 0.2) is 17.5 Å². The Morgan fingerprint density at radius 2 is 2.12 bits per heavy atom. The first-order valence-corrected chi connectivity index (χ1v) is 6.98. The van der Waals surface area contributed by atoms with Gasteiger partial charge in [-0.05, 0) is 45.3 Å². The number of nitrogens with zero attached hydrogens (tertiary/aromatic N) is 1. The third-order valence-corrected chi connectivity index (χ3v) is 4.06. The highest BCUT2D eigenvalue weighted by Gasteiger charge is 2.15. The zero-order valence-electron chi connectivity index (χ0n) is 10.9. The van der Waals surface area contributed by atoms with Gasteiger partial charge < -0.3 is 5.32 Å². The Balaban J connectivity index is 2.37. The maximum Gasteiger partial charge on any atom is 0.0192 e. The van der Waals surface area contributed by atoms with Crippen LogP contribution in [0, 0.1) is 0 Å². The highest BCUT2D eigenvalue weighted by atomic mass is 32.1. The van der Waals surface area contributed by atoms with Gasteiger partial charge in [0.15, 0.2) is 0 Å². The van der Waals surface area contributed by atoms with Gasteiger partial charge in [-0.15, -0.1) is 11.3 Å². The third kappa shape index (κ3) is 4.24. The molecular weight excluding hydrogens is 216 g/mol. The van der Waals surface area contributed by atoms with Crippen LogP contribution < -0.4 is 5.32 Å². The van der Waals surface area contributed by atoms with E-state index in [0.717, 1.165) is 19.5 Å². The lowest BCUT2D eigenvalue weighted by molar-refractivity contribution is 0.192. The summed E-state index contributed by atoms with van der Waals surface area (Å²) >= 11 is 1.86. The SMILES string of the molecule is CCNCC(C)N(C)C(C)Cc1cccs1. The van der Waals surface area contributed by atoms with Crippen LogP contribution in [0.3, 0.4) is 0 Å². The third-order valence-electron chi connectivity index (χ3n) is 3.16. The lowest BCUT2D eigenvalue weighted by Crippen LogP contribution is -2.43. The predicted octanol–water partition coefficient (Wildman–Crippen LogP) is 2.61. The monoisotopic (exact) mass is 240 g/mol. The lowest BCUT2D eigenvalue weighted by Gasteiger charge is -2.30. The maximum atomic E-state index is 3.40. The van der Waals surface area contributed by atoms with Crippen LogP contribution in [0.5, 0.6) is 0 Å². The first kappa shape index (κ1) is 13.7. The summed E-state index contributed by atoms with van der Waals surface area (Å²) < 4.78 is 0. The largest absolute Gasteiger partial charge is 0.315 e. The fourth-order valence-electron chi connectivity index (χ4n) is 1.80. The van der Waals surface area contributed by atoms with E-state index in [1.807, 2.05) is 11.3 Å². The molecule has 0 aliphatic heterocycles. The predicted molar refractivity (Wildman–Crippen MR) is 73.3 cm³/mol. The van der Waals surface area contributed by atoms with Gasteiger partial charge in [0.1, 0.15) is 0 Å². The zero-order valence-corrected chi connectivity index (χ0v) is 11.7. The molecule has 1 aromatic heterocycles. The summed E-state index contributed by atoms with van der Waals surface area (Å²) in [6.07, 6.45) is 1.16. The zero-order chi connectivity index (χ0) is 12.0. The van der Waals surface area contributed by atoms with Gasteiger partial charge in [0.2, 0.25) is 0 Å². The van der Waals surface area contributed by atoms with E-state index in [1.165, 1.54) is 4.88 Å². The molecule has 1 rings (SSSR count). The van der Waals surface area contributed by atoms with E-state index in [0.29, 0.717) is 12.1 Å². The number of rotatable bonds is 7. The van der Waals surface area contributed by atoms with Crippen molar-refractivity contribution < 1.29 is 0 Å². The van der Waals surface area contributed by atoms with Crippen molar-refractivity contribution in [1.29, 1.82) is 0 Å². The Morgan fingerprint density at radius 1 is 1.38 bits per heavy atom. The molecule has 0 aliphatic rings. The molecule has 3 heteroatoms. The van der Waals surface area contributed by atoms with Crippen molar-refractivity contribution in [1.82, 2.24) is 10.2 Å². The Morgan fingerprint density at radius 3 is 2.69 bits per heavy atom. The molecule has 1 N–H and O–H groups in total. The topological polar surface area (TPSA) is 15.3 Å². The van der Waals surface area contributed by atoms with E-state index in [2.05, 4.69) is 55.5 Å². The Kier molecular flexibility index (Phi) is 6.03. The molecule has 2 nitrogen and oxygen atoms in total. The molecule has 0 amide bonds. The van der Waals surface area contributed by atoms with E-state index in [1.54, 1.807) is 0 Å². The fourth-order valence-corrected chi connectivity index (χ4v) is 2.62. The summed E-state index contributed by atoms with van der Waals surface area (Å²) in [5, 5.41) is 5.56. The molecule has 2 atom stereocenters. The number of hydrogen-bond donors (Lipinski definition) is 1. The molecule has 0 aromatic carbocycles. The summed E-state index contributed by atoms with van der Waals surface area (Å²) in [6, 6.07) is 5.56. The second-order valence-electron chi connectivity index (χ2n) is 4.45. The van der Waals surface area contributed by atoms with Crippen LogP contribution in [0.2, 0.25) is 0 Å². The van der Waals surface area contributed by atoms with E-state index in [9.17, 15) is 0 Å². The molecule has 0 fully saturated rings. The second kappa shape index (κ2) is 7.05. The smallest absolute Gasteiger partial charge is 0.0192 e. The molecule has 2 unspecified atom stereocenters. The standard InChI is InChI=1S/C13H24N2S/c1-5-14-10-12(3)15(4)11(2)9-13-7-6-8-16-13/h6-8,11-12,14H,5,9-10H2,1-4H3. The molecule has 0 bridgehead atoms. The van der Waals surface area contributed by atoms with Crippen molar-refractivity contribution in [2.45, 2.75) is 39.3 Å². The van der Waals surface area contributed by atoms with Crippen molar-refractivity contribution in [2.75, 3.05) is 20.1 Å². The number of hydrogen-bond acceptors (Lipinski definition) is 3. The number of nitrogens with one attached hydrogen (secondary N) is 1. The van der Waals surface area contributed by atoms with Crippen LogP contribution >= 0.6 is 11.3 Å². The van der Waals surface area contributed by atoms with Crippen molar-refractivity contribution in [3.63, 3.8) is 0 Å². The molecule has 16 heavy (non-hydrogen) atoms. The quantitative estimate of drug-likeness (QED) is 0.788. The summed E-state index contributed by atoms with van der Waals surface area (Å²) in [7, 11) is 2.22.